The maximum absolute atomic E-state index is 12.7. The lowest BCUT2D eigenvalue weighted by atomic mass is 10.1. The fraction of sp³-hybridized carbons (Fsp3) is 0.500. The van der Waals surface area contributed by atoms with Crippen LogP contribution >= 0.6 is 0 Å². The van der Waals surface area contributed by atoms with Crippen LogP contribution in [0.15, 0.2) is 42.5 Å². The van der Waals surface area contributed by atoms with E-state index >= 15 is 0 Å². The molecule has 1 aromatic rings. The van der Waals surface area contributed by atoms with Crippen LogP contribution in [0.5, 0.6) is 0 Å². The summed E-state index contributed by atoms with van der Waals surface area (Å²) in [7, 11) is 0. The second-order valence-electron chi connectivity index (χ2n) is 5.95. The van der Waals surface area contributed by atoms with E-state index in [9.17, 15) is 4.79 Å². The molecule has 20 heavy (non-hydrogen) atoms. The van der Waals surface area contributed by atoms with Crippen molar-refractivity contribution in [3.63, 3.8) is 0 Å². The van der Waals surface area contributed by atoms with Crippen LogP contribution in [0.2, 0.25) is 0 Å². The molecule has 1 heterocycles. The van der Waals surface area contributed by atoms with E-state index in [4.69, 9.17) is 0 Å². The van der Waals surface area contributed by atoms with Gasteiger partial charge in [0.05, 0.1) is 5.92 Å². The molecule has 1 amide bonds. The molecule has 0 spiro atoms. The molecule has 0 aromatic heterocycles. The quantitative estimate of drug-likeness (QED) is 0.768. The predicted molar refractivity (Wildman–Crippen MR) is 81.4 cm³/mol. The van der Waals surface area contributed by atoms with E-state index < -0.39 is 0 Å². The zero-order valence-corrected chi connectivity index (χ0v) is 12.2. The van der Waals surface area contributed by atoms with Gasteiger partial charge in [0.1, 0.15) is 0 Å². The van der Waals surface area contributed by atoms with Crippen LogP contribution < -0.4 is 0 Å². The number of hydrogen-bond donors (Lipinski definition) is 0. The Bertz CT molecular complexity index is 487. The summed E-state index contributed by atoms with van der Waals surface area (Å²) < 4.78 is 0. The maximum atomic E-state index is 12.7. The van der Waals surface area contributed by atoms with Gasteiger partial charge in [0.15, 0.2) is 0 Å². The minimum atomic E-state index is 0.173. The van der Waals surface area contributed by atoms with Crippen molar-refractivity contribution in [2.45, 2.75) is 32.1 Å². The molecule has 2 aliphatic rings. The zero-order chi connectivity index (χ0) is 13.9. The van der Waals surface area contributed by atoms with Crippen molar-refractivity contribution in [2.75, 3.05) is 13.1 Å². The van der Waals surface area contributed by atoms with E-state index in [1.165, 1.54) is 24.8 Å². The van der Waals surface area contributed by atoms with Gasteiger partial charge in [-0.2, -0.15) is 0 Å². The topological polar surface area (TPSA) is 20.3 Å². The highest BCUT2D eigenvalue weighted by Crippen LogP contribution is 2.55. The number of likely N-dealkylation sites (tertiary alicyclic amines) is 1. The minimum Gasteiger partial charge on any atom is -0.342 e. The number of nitrogens with zero attached hydrogens (tertiary/aromatic N) is 1. The van der Waals surface area contributed by atoms with Gasteiger partial charge in [0, 0.05) is 19.0 Å². The first kappa shape index (κ1) is 13.4. The maximum Gasteiger partial charge on any atom is 0.226 e. The highest BCUT2D eigenvalue weighted by atomic mass is 16.2. The van der Waals surface area contributed by atoms with Gasteiger partial charge in [0.2, 0.25) is 5.91 Å². The number of carbonyl (C=O) groups is 1. The zero-order valence-electron chi connectivity index (χ0n) is 12.2. The van der Waals surface area contributed by atoms with Crippen LogP contribution in [0.1, 0.15) is 37.7 Å². The molecule has 2 fully saturated rings. The average molecular weight is 269 g/mol. The van der Waals surface area contributed by atoms with E-state index in [0.717, 1.165) is 13.1 Å². The minimum absolute atomic E-state index is 0.173. The van der Waals surface area contributed by atoms with Gasteiger partial charge in [-0.05, 0) is 37.7 Å². The Morgan fingerprint density at radius 2 is 1.85 bits per heavy atom. The van der Waals surface area contributed by atoms with Crippen molar-refractivity contribution in [2.24, 2.45) is 11.8 Å². The van der Waals surface area contributed by atoms with Crippen molar-refractivity contribution < 1.29 is 4.79 Å². The first-order chi connectivity index (χ1) is 9.83. The summed E-state index contributed by atoms with van der Waals surface area (Å²) in [6.07, 6.45) is 7.91. The Labute approximate surface area is 121 Å². The van der Waals surface area contributed by atoms with E-state index in [0.29, 0.717) is 17.7 Å². The highest BCUT2D eigenvalue weighted by molar-refractivity contribution is 5.84. The van der Waals surface area contributed by atoms with Crippen molar-refractivity contribution in [1.29, 1.82) is 0 Å². The van der Waals surface area contributed by atoms with Crippen LogP contribution in [0, 0.1) is 11.8 Å². The van der Waals surface area contributed by atoms with Gasteiger partial charge in [0.25, 0.3) is 0 Å². The summed E-state index contributed by atoms with van der Waals surface area (Å²) in [6, 6.07) is 10.5. The highest BCUT2D eigenvalue weighted by Gasteiger charge is 2.54. The van der Waals surface area contributed by atoms with Gasteiger partial charge in [-0.25, -0.2) is 0 Å². The lowest BCUT2D eigenvalue weighted by Crippen LogP contribution is -2.37. The van der Waals surface area contributed by atoms with E-state index in [2.05, 4.69) is 41.3 Å². The fourth-order valence-corrected chi connectivity index (χ4v) is 3.54. The fourth-order valence-electron chi connectivity index (χ4n) is 3.54. The van der Waals surface area contributed by atoms with Crippen LogP contribution in [-0.2, 0) is 4.79 Å². The lowest BCUT2D eigenvalue weighted by Gasteiger charge is -2.27. The number of piperidine rings is 1. The van der Waals surface area contributed by atoms with Crippen LogP contribution in [0.3, 0.4) is 0 Å². The Balaban J connectivity index is 1.76. The molecule has 1 aliphatic heterocycles. The molecule has 0 radical (unpaired) electrons. The first-order valence-corrected chi connectivity index (χ1v) is 7.79. The molecule has 1 aliphatic carbocycles. The summed E-state index contributed by atoms with van der Waals surface area (Å²) in [5, 5.41) is 0. The largest absolute Gasteiger partial charge is 0.342 e. The second-order valence-corrected chi connectivity index (χ2v) is 5.95. The normalized spacial score (nSPS) is 29.6. The molecule has 0 bridgehead atoms. The van der Waals surface area contributed by atoms with Crippen LogP contribution in [0.4, 0.5) is 0 Å². The summed E-state index contributed by atoms with van der Waals surface area (Å²) in [4.78, 5) is 14.8. The molecule has 0 N–H and O–H groups in total. The third-order valence-corrected chi connectivity index (χ3v) is 4.63. The van der Waals surface area contributed by atoms with Gasteiger partial charge >= 0.3 is 0 Å². The molecule has 3 atom stereocenters. The Morgan fingerprint density at radius 3 is 2.50 bits per heavy atom. The molecule has 1 saturated heterocycles. The molecular formula is C18H23NO. The smallest absolute Gasteiger partial charge is 0.226 e. The van der Waals surface area contributed by atoms with Crippen molar-refractivity contribution in [3.05, 3.63) is 48.0 Å². The Kier molecular flexibility index (Phi) is 3.90. The number of allylic oxidation sites excluding steroid dienone is 2. The molecule has 2 heteroatoms. The summed E-state index contributed by atoms with van der Waals surface area (Å²) >= 11 is 0. The molecule has 2 nitrogen and oxygen atoms in total. The van der Waals surface area contributed by atoms with Gasteiger partial charge < -0.3 is 4.90 Å². The van der Waals surface area contributed by atoms with Crippen molar-refractivity contribution >= 4 is 5.91 Å². The van der Waals surface area contributed by atoms with Gasteiger partial charge in [-0.3, -0.25) is 4.79 Å². The number of hydrogen-bond acceptors (Lipinski definition) is 1. The first-order valence-electron chi connectivity index (χ1n) is 7.79. The number of benzene rings is 1. The van der Waals surface area contributed by atoms with Gasteiger partial charge in [-0.15, -0.1) is 0 Å². The number of rotatable bonds is 3. The molecular weight excluding hydrogens is 246 g/mol. The second kappa shape index (κ2) is 5.82. The van der Waals surface area contributed by atoms with E-state index in [-0.39, 0.29) is 5.92 Å². The Morgan fingerprint density at radius 1 is 1.15 bits per heavy atom. The monoisotopic (exact) mass is 269 g/mol. The van der Waals surface area contributed by atoms with Crippen LogP contribution in [-0.4, -0.2) is 23.9 Å². The molecule has 1 aromatic carbocycles. The lowest BCUT2D eigenvalue weighted by molar-refractivity contribution is -0.133. The number of amides is 1. The summed E-state index contributed by atoms with van der Waals surface area (Å²) in [5.41, 5.74) is 1.31. The van der Waals surface area contributed by atoms with E-state index in [1.54, 1.807) is 0 Å². The number of carbonyl (C=O) groups excluding carboxylic acids is 1. The molecule has 0 unspecified atom stereocenters. The SMILES string of the molecule is C/C=C/[C@@H]1[C@H](C(=O)N2CCCCC2)[C@H]1c1ccccc1. The third kappa shape index (κ3) is 2.52. The van der Waals surface area contributed by atoms with Crippen molar-refractivity contribution in [1.82, 2.24) is 4.90 Å². The standard InChI is InChI=1S/C18H23NO/c1-2-9-15-16(14-10-5-3-6-11-14)17(15)18(20)19-12-7-4-8-13-19/h2-3,5-6,9-11,15-17H,4,7-8,12-13H2,1H3/b9-2+/t15-,16-,17-/m0/s1. The molecule has 106 valence electrons. The van der Waals surface area contributed by atoms with E-state index in [1.807, 2.05) is 13.0 Å². The van der Waals surface area contributed by atoms with Gasteiger partial charge in [-0.1, -0.05) is 42.5 Å². The van der Waals surface area contributed by atoms with Crippen LogP contribution in [0.25, 0.3) is 0 Å². The van der Waals surface area contributed by atoms with Crippen molar-refractivity contribution in [3.8, 4) is 0 Å². The average Bonchev–Trinajstić information content (AvgIpc) is 3.23. The third-order valence-electron chi connectivity index (χ3n) is 4.63. The Hall–Kier alpha value is -1.57. The summed E-state index contributed by atoms with van der Waals surface area (Å²) in [6.45, 7) is 3.96. The predicted octanol–water partition coefficient (Wildman–Crippen LogP) is 3.60. The molecule has 1 saturated carbocycles. The molecule has 3 rings (SSSR count). The summed E-state index contributed by atoms with van der Waals surface area (Å²) in [5.74, 6) is 1.34.